The number of aromatic amines is 2. The van der Waals surface area contributed by atoms with Crippen LogP contribution in [0.3, 0.4) is 0 Å². The number of fused-ring (bicyclic) bond motifs is 9. The summed E-state index contributed by atoms with van der Waals surface area (Å²) < 4.78 is 0. The zero-order valence-electron chi connectivity index (χ0n) is 16.3. The average Bonchev–Trinajstić information content (AvgIpc) is 3.53. The van der Waals surface area contributed by atoms with E-state index in [4.69, 9.17) is 9.97 Å². The molecule has 10 bridgehead atoms. The van der Waals surface area contributed by atoms with Crippen molar-refractivity contribution in [3.63, 3.8) is 0 Å². The van der Waals surface area contributed by atoms with Crippen molar-refractivity contribution >= 4 is 62.2 Å². The summed E-state index contributed by atoms with van der Waals surface area (Å²) in [4.78, 5) is 29.2. The Morgan fingerprint density at radius 2 is 1.35 bits per heavy atom. The second-order valence-corrected chi connectivity index (χ2v) is 9.19. The summed E-state index contributed by atoms with van der Waals surface area (Å²) in [6, 6.07) is 16.4. The second kappa shape index (κ2) is 6.18. The van der Waals surface area contributed by atoms with Gasteiger partial charge in [0.15, 0.2) is 0 Å². The molecule has 3 aromatic rings. The minimum absolute atomic E-state index is 0.0149. The van der Waals surface area contributed by atoms with Crippen molar-refractivity contribution < 1.29 is 4.79 Å². The number of rotatable bonds is 0. The number of allylic oxidation sites excluding steroid dienone is 2. The fourth-order valence-corrected chi connectivity index (χ4v) is 5.76. The van der Waals surface area contributed by atoms with E-state index in [-0.39, 0.29) is 16.3 Å². The summed E-state index contributed by atoms with van der Waals surface area (Å²) in [5.41, 5.74) is 9.69. The Labute approximate surface area is 181 Å². The van der Waals surface area contributed by atoms with E-state index in [1.54, 1.807) is 0 Å². The van der Waals surface area contributed by atoms with Gasteiger partial charge in [-0.15, -0.1) is 0 Å². The van der Waals surface area contributed by atoms with Gasteiger partial charge in [0, 0.05) is 27.6 Å². The third-order valence-corrected chi connectivity index (χ3v) is 7.12. The van der Waals surface area contributed by atoms with Crippen LogP contribution in [0.5, 0.6) is 0 Å². The minimum atomic E-state index is -0.234. The van der Waals surface area contributed by atoms with Gasteiger partial charge in [0.05, 0.1) is 33.9 Å². The largest absolute Gasteiger partial charge is 0.355 e. The molecule has 0 aromatic carbocycles. The molecular formula is C25H16N4OS. The van der Waals surface area contributed by atoms with Gasteiger partial charge in [-0.05, 0) is 66.3 Å². The number of hydrogen-bond donors (Lipinski definition) is 2. The van der Waals surface area contributed by atoms with Crippen molar-refractivity contribution in [2.45, 2.75) is 5.25 Å². The van der Waals surface area contributed by atoms with E-state index in [2.05, 4.69) is 34.2 Å². The average molecular weight is 420 g/mol. The summed E-state index contributed by atoms with van der Waals surface area (Å²) >= 11 is 1.40. The van der Waals surface area contributed by atoms with Crippen molar-refractivity contribution in [2.75, 3.05) is 0 Å². The number of carbonyl (C=O) groups excluding carboxylic acids is 1. The van der Waals surface area contributed by atoms with Gasteiger partial charge in [0.25, 0.3) is 0 Å². The summed E-state index contributed by atoms with van der Waals surface area (Å²) in [5, 5.41) is 0.215. The maximum Gasteiger partial charge on any atom is 0.201 e. The molecule has 0 spiro atoms. The van der Waals surface area contributed by atoms with Crippen LogP contribution in [0.1, 0.15) is 22.8 Å². The summed E-state index contributed by atoms with van der Waals surface area (Å²) in [5.74, 6) is -0.234. The first-order chi connectivity index (χ1) is 15.2. The molecule has 8 rings (SSSR count). The standard InChI is InChI=1S/C25H16N4OS/c30-25-19-7-8-22(31-25)24-21-12-18-6-4-16(28-18)10-14-2-1-13(26-14)9-15-3-5-17(27-15)11-20(29-21)23(19)24/h1-12,19,22,26-27H/t19-,22?/m0/s1. The fraction of sp³-hybridized carbons (Fsp3) is 0.0800. The number of H-pyrrole nitrogens is 2. The van der Waals surface area contributed by atoms with E-state index in [9.17, 15) is 4.79 Å². The molecule has 31 heavy (non-hydrogen) atoms. The van der Waals surface area contributed by atoms with Crippen LogP contribution < -0.4 is 0 Å². The van der Waals surface area contributed by atoms with Crippen molar-refractivity contribution in [2.24, 2.45) is 5.92 Å². The van der Waals surface area contributed by atoms with Crippen LogP contribution in [0.25, 0.3) is 45.4 Å². The molecular weight excluding hydrogens is 404 g/mol. The lowest BCUT2D eigenvalue weighted by Gasteiger charge is -2.30. The van der Waals surface area contributed by atoms with Crippen LogP contribution in [0, 0.1) is 5.92 Å². The lowest BCUT2D eigenvalue weighted by molar-refractivity contribution is -0.112. The van der Waals surface area contributed by atoms with Gasteiger partial charge in [-0.25, -0.2) is 9.97 Å². The predicted octanol–water partition coefficient (Wildman–Crippen LogP) is 5.22. The molecule has 0 radical (unpaired) electrons. The Hall–Kier alpha value is -3.64. The van der Waals surface area contributed by atoms with Gasteiger partial charge in [-0.1, -0.05) is 23.9 Å². The molecule has 5 aliphatic rings. The first-order valence-electron chi connectivity index (χ1n) is 10.2. The SMILES string of the molecule is O=C1SC2C=C[C@H]1C1=C2c2cc3nc(cc4ccc(cc5ccc(cc1n2)[nH]5)[nH]4)C=C3. The van der Waals surface area contributed by atoms with Crippen molar-refractivity contribution in [1.29, 1.82) is 0 Å². The zero-order valence-corrected chi connectivity index (χ0v) is 17.1. The highest BCUT2D eigenvalue weighted by Crippen LogP contribution is 2.51. The topological polar surface area (TPSA) is 74.4 Å². The summed E-state index contributed by atoms with van der Waals surface area (Å²) in [6.07, 6.45) is 8.18. The Kier molecular flexibility index (Phi) is 3.41. The second-order valence-electron chi connectivity index (χ2n) is 8.04. The number of carbonyl (C=O) groups is 1. The van der Waals surface area contributed by atoms with Crippen molar-refractivity contribution in [1.82, 2.24) is 19.9 Å². The van der Waals surface area contributed by atoms with Gasteiger partial charge in [0.2, 0.25) is 5.12 Å². The molecule has 4 aliphatic heterocycles. The van der Waals surface area contributed by atoms with Crippen molar-refractivity contribution in [3.05, 3.63) is 83.5 Å². The van der Waals surface area contributed by atoms with Gasteiger partial charge in [-0.3, -0.25) is 4.79 Å². The molecule has 7 heterocycles. The molecule has 0 amide bonds. The van der Waals surface area contributed by atoms with Crippen molar-refractivity contribution in [3.8, 4) is 0 Å². The van der Waals surface area contributed by atoms with Crippen LogP contribution in [0.15, 0.2) is 60.7 Å². The van der Waals surface area contributed by atoms with E-state index < -0.39 is 0 Å². The Balaban J connectivity index is 1.57. The monoisotopic (exact) mass is 420 g/mol. The fourth-order valence-electron chi connectivity index (χ4n) is 4.63. The van der Waals surface area contributed by atoms with Crippen LogP contribution in [-0.2, 0) is 4.79 Å². The summed E-state index contributed by atoms with van der Waals surface area (Å²) in [6.45, 7) is 0. The molecule has 0 saturated carbocycles. The first kappa shape index (κ1) is 17.1. The van der Waals surface area contributed by atoms with E-state index in [0.717, 1.165) is 56.0 Å². The number of thioether (sulfide) groups is 1. The van der Waals surface area contributed by atoms with E-state index in [0.29, 0.717) is 0 Å². The third kappa shape index (κ3) is 2.68. The third-order valence-electron chi connectivity index (χ3n) is 5.99. The molecule has 2 N–H and O–H groups in total. The highest BCUT2D eigenvalue weighted by molar-refractivity contribution is 8.15. The molecule has 3 aromatic heterocycles. The van der Waals surface area contributed by atoms with Crippen LogP contribution in [-0.4, -0.2) is 30.3 Å². The number of hydrogen-bond acceptors (Lipinski definition) is 4. The molecule has 2 atom stereocenters. The quantitative estimate of drug-likeness (QED) is 0.382. The van der Waals surface area contributed by atoms with Gasteiger partial charge in [-0.2, -0.15) is 0 Å². The molecule has 0 saturated heterocycles. The number of aromatic nitrogens is 4. The Morgan fingerprint density at radius 3 is 2.10 bits per heavy atom. The molecule has 5 nitrogen and oxygen atoms in total. The molecule has 6 heteroatoms. The van der Waals surface area contributed by atoms with Gasteiger partial charge >= 0.3 is 0 Å². The maximum atomic E-state index is 12.6. The van der Waals surface area contributed by atoms with E-state index in [1.807, 2.05) is 48.6 Å². The number of nitrogens with one attached hydrogen (secondary N) is 2. The van der Waals surface area contributed by atoms with E-state index in [1.165, 1.54) is 11.8 Å². The van der Waals surface area contributed by atoms with Gasteiger partial charge < -0.3 is 9.97 Å². The Bertz CT molecular complexity index is 1550. The smallest absolute Gasteiger partial charge is 0.201 e. The normalized spacial score (nSPS) is 21.1. The summed E-state index contributed by atoms with van der Waals surface area (Å²) in [7, 11) is 0. The lowest BCUT2D eigenvalue weighted by atomic mass is 9.86. The Morgan fingerprint density at radius 1 is 0.710 bits per heavy atom. The first-order valence-corrected chi connectivity index (χ1v) is 11.1. The van der Waals surface area contributed by atoms with E-state index >= 15 is 0 Å². The molecule has 1 aliphatic carbocycles. The number of nitrogens with zero attached hydrogens (tertiary/aromatic N) is 2. The molecule has 0 fully saturated rings. The van der Waals surface area contributed by atoms with Crippen LogP contribution >= 0.6 is 11.8 Å². The lowest BCUT2D eigenvalue weighted by Crippen LogP contribution is -2.26. The molecule has 1 unspecified atom stereocenters. The maximum absolute atomic E-state index is 12.6. The highest BCUT2D eigenvalue weighted by atomic mass is 32.2. The van der Waals surface area contributed by atoms with Gasteiger partial charge in [0.1, 0.15) is 0 Å². The zero-order chi connectivity index (χ0) is 20.5. The minimum Gasteiger partial charge on any atom is -0.355 e. The predicted molar refractivity (Wildman–Crippen MR) is 126 cm³/mol. The van der Waals surface area contributed by atoms with Crippen LogP contribution in [0.2, 0.25) is 0 Å². The molecule has 148 valence electrons. The van der Waals surface area contributed by atoms with Crippen LogP contribution in [0.4, 0.5) is 0 Å². The highest BCUT2D eigenvalue weighted by Gasteiger charge is 2.42.